The molecule has 0 radical (unpaired) electrons. The van der Waals surface area contributed by atoms with E-state index in [-0.39, 0.29) is 0 Å². The maximum Gasteiger partial charge on any atom is 0.203 e. The fourth-order valence-electron chi connectivity index (χ4n) is 3.38. The Kier molecular flexibility index (Phi) is 5.45. The quantitative estimate of drug-likeness (QED) is 0.501. The van der Waals surface area contributed by atoms with Crippen molar-refractivity contribution in [2.45, 2.75) is 27.7 Å². The van der Waals surface area contributed by atoms with Crippen molar-refractivity contribution in [2.75, 3.05) is 38.2 Å². The van der Waals surface area contributed by atoms with E-state index in [4.69, 9.17) is 14.1 Å². The Balaban J connectivity index is 2.28. The summed E-state index contributed by atoms with van der Waals surface area (Å²) < 4.78 is 14.1. The number of hydrogen-bond acceptors (Lipinski definition) is 4. The monoisotopic (exact) mass is 354 g/mol. The lowest BCUT2D eigenvalue weighted by Gasteiger charge is -2.22. The Morgan fingerprint density at radius 2 is 1.77 bits per heavy atom. The molecule has 0 spiro atoms. The van der Waals surface area contributed by atoms with Crippen LogP contribution in [0.25, 0.3) is 22.6 Å². The van der Waals surface area contributed by atoms with Crippen molar-refractivity contribution in [2.24, 2.45) is 0 Å². The standard InChI is InChI=1S/C21H28N3O2/c1-6-23(7-2)15-10-11-17-18(12-15)26-20-14-16(24(8-3)9-4)13-19(25-5)21(20)22-17/h10-14H,6-9H2,1-5H3/q+1. The van der Waals surface area contributed by atoms with E-state index in [2.05, 4.69) is 55.4 Å². The predicted octanol–water partition coefficient (Wildman–Crippen LogP) is 3.60. The lowest BCUT2D eigenvalue weighted by Crippen LogP contribution is -2.29. The fourth-order valence-corrected chi connectivity index (χ4v) is 3.38. The number of hydrogen-bond donors (Lipinski definition) is 0. The first-order valence-electron chi connectivity index (χ1n) is 9.40. The molecule has 0 saturated carbocycles. The van der Waals surface area contributed by atoms with Gasteiger partial charge in [0.15, 0.2) is 11.3 Å². The van der Waals surface area contributed by atoms with E-state index in [1.165, 1.54) is 0 Å². The van der Waals surface area contributed by atoms with E-state index in [1.54, 1.807) is 7.11 Å². The molecule has 26 heavy (non-hydrogen) atoms. The van der Waals surface area contributed by atoms with E-state index in [0.717, 1.165) is 65.5 Å². The highest BCUT2D eigenvalue weighted by atomic mass is 16.5. The Labute approximate surface area is 154 Å². The van der Waals surface area contributed by atoms with E-state index in [9.17, 15) is 0 Å². The van der Waals surface area contributed by atoms with Gasteiger partial charge in [0.1, 0.15) is 30.0 Å². The third-order valence-electron chi connectivity index (χ3n) is 4.90. The third kappa shape index (κ3) is 3.26. The van der Waals surface area contributed by atoms with E-state index in [0.29, 0.717) is 0 Å². The Morgan fingerprint density at radius 3 is 2.38 bits per heavy atom. The highest BCUT2D eigenvalue weighted by Crippen LogP contribution is 2.33. The van der Waals surface area contributed by atoms with Crippen molar-refractivity contribution >= 4 is 16.8 Å². The number of benzene rings is 2. The Hall–Kier alpha value is -2.56. The molecular formula is C21H28N3O2+. The second kappa shape index (κ2) is 7.77. The molecule has 5 nitrogen and oxygen atoms in total. The minimum absolute atomic E-state index is 0.739. The van der Waals surface area contributed by atoms with Gasteiger partial charge in [-0.25, -0.2) is 9.56 Å². The van der Waals surface area contributed by atoms with Gasteiger partial charge >= 0.3 is 0 Å². The highest BCUT2D eigenvalue weighted by Gasteiger charge is 2.16. The number of anilines is 1. The van der Waals surface area contributed by atoms with Crippen molar-refractivity contribution in [3.63, 3.8) is 0 Å². The second-order valence-corrected chi connectivity index (χ2v) is 6.21. The van der Waals surface area contributed by atoms with Crippen molar-refractivity contribution in [1.29, 1.82) is 0 Å². The van der Waals surface area contributed by atoms with Crippen LogP contribution in [0, 0.1) is 0 Å². The summed E-state index contributed by atoms with van der Waals surface area (Å²) in [6.45, 7) is 12.4. The predicted molar refractivity (Wildman–Crippen MR) is 107 cm³/mol. The smallest absolute Gasteiger partial charge is 0.203 e. The molecule has 0 N–H and O–H groups in total. The van der Waals surface area contributed by atoms with Gasteiger partial charge in [-0.1, -0.05) is 0 Å². The van der Waals surface area contributed by atoms with Gasteiger partial charge in [0.2, 0.25) is 5.36 Å². The zero-order valence-electron chi connectivity index (χ0n) is 16.4. The normalized spacial score (nSPS) is 11.1. The summed E-state index contributed by atoms with van der Waals surface area (Å²) in [5, 5.41) is 1.15. The molecule has 5 heteroatoms. The second-order valence-electron chi connectivity index (χ2n) is 6.21. The van der Waals surface area contributed by atoms with E-state index >= 15 is 0 Å². The molecule has 0 bridgehead atoms. The van der Waals surface area contributed by atoms with Crippen LogP contribution in [0.3, 0.4) is 0 Å². The van der Waals surface area contributed by atoms with Gasteiger partial charge in [-0.15, -0.1) is 0 Å². The molecule has 2 aliphatic rings. The van der Waals surface area contributed by atoms with Crippen LogP contribution in [0.2, 0.25) is 0 Å². The minimum atomic E-state index is 0.739. The summed E-state index contributed by atoms with van der Waals surface area (Å²) in [5.41, 5.74) is 3.42. The molecule has 1 aliphatic carbocycles. The zero-order chi connectivity index (χ0) is 18.7. The largest absolute Gasteiger partial charge is 0.494 e. The number of methoxy groups -OCH3 is 1. The summed E-state index contributed by atoms with van der Waals surface area (Å²) in [6.07, 6.45) is 0. The molecule has 0 saturated heterocycles. The number of fused-ring (bicyclic) bond motifs is 2. The van der Waals surface area contributed by atoms with E-state index < -0.39 is 0 Å². The molecule has 0 amide bonds. The lowest BCUT2D eigenvalue weighted by atomic mass is 10.2. The van der Waals surface area contributed by atoms with Crippen molar-refractivity contribution in [1.82, 2.24) is 9.56 Å². The third-order valence-corrected chi connectivity index (χ3v) is 4.90. The van der Waals surface area contributed by atoms with Crippen LogP contribution >= 0.6 is 0 Å². The van der Waals surface area contributed by atoms with Crippen LogP contribution in [0.1, 0.15) is 27.7 Å². The molecule has 0 fully saturated rings. The Morgan fingerprint density at radius 1 is 1.04 bits per heavy atom. The average molecular weight is 354 g/mol. The first-order valence-corrected chi connectivity index (χ1v) is 9.40. The van der Waals surface area contributed by atoms with Gasteiger partial charge in [-0.3, -0.25) is 0 Å². The van der Waals surface area contributed by atoms with Crippen LogP contribution in [0.5, 0.6) is 5.75 Å². The van der Waals surface area contributed by atoms with Crippen molar-refractivity contribution in [3.05, 3.63) is 35.7 Å². The molecule has 0 unspecified atom stereocenters. The maximum absolute atomic E-state index is 6.25. The molecule has 0 atom stereocenters. The summed E-state index contributed by atoms with van der Waals surface area (Å²) in [5.74, 6) is 1.53. The first-order chi connectivity index (χ1) is 12.6. The van der Waals surface area contributed by atoms with Gasteiger partial charge < -0.3 is 14.1 Å². The van der Waals surface area contributed by atoms with Crippen LogP contribution in [0.4, 0.5) is 5.69 Å². The van der Waals surface area contributed by atoms with Gasteiger partial charge in [-0.2, -0.15) is 0 Å². The molecule has 1 heterocycles. The number of aromatic nitrogens is 1. The molecule has 138 valence electrons. The highest BCUT2D eigenvalue weighted by molar-refractivity contribution is 5.86. The topological polar surface area (TPSA) is 41.5 Å². The Bertz CT molecular complexity index is 936. The number of nitrogens with zero attached hydrogens (tertiary/aromatic N) is 3. The molecule has 0 aromatic heterocycles. The summed E-state index contributed by atoms with van der Waals surface area (Å²) >= 11 is 0. The molecule has 1 aliphatic heterocycles. The first kappa shape index (κ1) is 18.2. The van der Waals surface area contributed by atoms with Crippen LogP contribution in [0.15, 0.2) is 34.7 Å². The SMILES string of the molecule is CCN(CC)c1cc(OC)c2nc3ccc(=[N+](CC)CC)cc-3oc2c1. The van der Waals surface area contributed by atoms with Gasteiger partial charge in [0.05, 0.1) is 13.2 Å². The fraction of sp³-hybridized carbons (Fsp3) is 0.429. The number of rotatable bonds is 6. The lowest BCUT2D eigenvalue weighted by molar-refractivity contribution is 0.418. The van der Waals surface area contributed by atoms with Crippen molar-refractivity contribution in [3.8, 4) is 17.2 Å². The average Bonchev–Trinajstić information content (AvgIpc) is 2.67. The van der Waals surface area contributed by atoms with Gasteiger partial charge in [0, 0.05) is 37.0 Å². The van der Waals surface area contributed by atoms with E-state index in [1.807, 2.05) is 12.1 Å². The molecular weight excluding hydrogens is 326 g/mol. The summed E-state index contributed by atoms with van der Waals surface area (Å²) in [4.78, 5) is 7.07. The van der Waals surface area contributed by atoms with Crippen molar-refractivity contribution < 1.29 is 9.15 Å². The summed E-state index contributed by atoms with van der Waals surface area (Å²) in [7, 11) is 1.68. The zero-order valence-corrected chi connectivity index (χ0v) is 16.4. The maximum atomic E-state index is 6.25. The van der Waals surface area contributed by atoms with Crippen LogP contribution in [-0.4, -0.2) is 38.3 Å². The molecule has 1 aromatic carbocycles. The number of ether oxygens (including phenoxy) is 1. The molecule has 1 aromatic rings. The minimum Gasteiger partial charge on any atom is -0.494 e. The van der Waals surface area contributed by atoms with Gasteiger partial charge in [-0.05, 0) is 33.8 Å². The van der Waals surface area contributed by atoms with Gasteiger partial charge in [0.25, 0.3) is 0 Å². The summed E-state index contributed by atoms with van der Waals surface area (Å²) in [6, 6.07) is 10.3. The van der Waals surface area contributed by atoms with Crippen LogP contribution in [-0.2, 0) is 0 Å². The molecule has 3 rings (SSSR count). The van der Waals surface area contributed by atoms with Crippen LogP contribution < -0.4 is 19.6 Å².